The van der Waals surface area contributed by atoms with Crippen LogP contribution in [0.3, 0.4) is 0 Å². The van der Waals surface area contributed by atoms with Crippen LogP contribution in [-0.4, -0.2) is 16.5 Å². The van der Waals surface area contributed by atoms with Crippen LogP contribution in [0, 0.1) is 11.6 Å². The van der Waals surface area contributed by atoms with Crippen LogP contribution in [0.5, 0.6) is 0 Å². The average Bonchev–Trinajstić information content (AvgIpc) is 2.63. The molecule has 0 fully saturated rings. The Morgan fingerprint density at radius 2 is 1.68 bits per heavy atom. The molecule has 0 spiro atoms. The van der Waals surface area contributed by atoms with Crippen molar-refractivity contribution in [2.75, 3.05) is 17.2 Å². The van der Waals surface area contributed by atoms with Gasteiger partial charge in [0.15, 0.2) is 17.5 Å². The van der Waals surface area contributed by atoms with Crippen LogP contribution >= 0.6 is 0 Å². The number of halogens is 2. The van der Waals surface area contributed by atoms with Gasteiger partial charge < -0.3 is 10.6 Å². The fourth-order valence-electron chi connectivity index (χ4n) is 2.22. The Hall–Kier alpha value is -3.28. The number of nitrogens with zero attached hydrogens (tertiary/aromatic N) is 2. The number of hydrogen-bond acceptors (Lipinski definition) is 4. The molecule has 0 aliphatic rings. The summed E-state index contributed by atoms with van der Waals surface area (Å²) in [7, 11) is 0. The van der Waals surface area contributed by atoms with Gasteiger partial charge in [-0.3, -0.25) is 0 Å². The summed E-state index contributed by atoms with van der Waals surface area (Å²) in [5.74, 6) is -0.246. The Labute approximate surface area is 144 Å². The van der Waals surface area contributed by atoms with E-state index in [1.54, 1.807) is 12.1 Å². The van der Waals surface area contributed by atoms with Crippen molar-refractivity contribution in [3.63, 3.8) is 0 Å². The number of aromatic nitrogens is 2. The molecule has 4 nitrogen and oxygen atoms in total. The molecule has 0 radical (unpaired) electrons. The molecular formula is C19H16F2N4. The van der Waals surface area contributed by atoms with Gasteiger partial charge in [0.25, 0.3) is 0 Å². The number of benzene rings is 2. The highest BCUT2D eigenvalue weighted by Gasteiger charge is 2.08. The van der Waals surface area contributed by atoms with Crippen molar-refractivity contribution >= 4 is 17.3 Å². The molecule has 0 saturated heterocycles. The molecule has 0 saturated carbocycles. The molecule has 3 aromatic rings. The number of rotatable bonds is 6. The summed E-state index contributed by atoms with van der Waals surface area (Å²) in [6.45, 7) is 4.20. The molecule has 0 unspecified atom stereocenters. The van der Waals surface area contributed by atoms with E-state index in [0.717, 1.165) is 17.7 Å². The van der Waals surface area contributed by atoms with Gasteiger partial charge in [0, 0.05) is 29.9 Å². The molecule has 0 aliphatic carbocycles. The summed E-state index contributed by atoms with van der Waals surface area (Å²) in [6, 6.07) is 14.8. The van der Waals surface area contributed by atoms with E-state index in [0.29, 0.717) is 29.7 Å². The first-order valence-electron chi connectivity index (χ1n) is 7.67. The van der Waals surface area contributed by atoms with E-state index in [4.69, 9.17) is 0 Å². The van der Waals surface area contributed by atoms with Gasteiger partial charge in [-0.1, -0.05) is 36.4 Å². The zero-order chi connectivity index (χ0) is 17.6. The zero-order valence-corrected chi connectivity index (χ0v) is 13.3. The number of nitrogens with one attached hydrogen (secondary N) is 2. The monoisotopic (exact) mass is 338 g/mol. The van der Waals surface area contributed by atoms with Gasteiger partial charge in [0.2, 0.25) is 0 Å². The Morgan fingerprint density at radius 3 is 2.40 bits per heavy atom. The standard InChI is InChI=1S/C19H16F2N4/c1-2-10-22-17-12-18(23-14-8-9-15(20)16(21)11-14)25-19(24-17)13-6-4-3-5-7-13/h2-9,11-12H,1,10H2,(H2,22,23,24,25). The van der Waals surface area contributed by atoms with Crippen molar-refractivity contribution in [3.05, 3.63) is 78.9 Å². The van der Waals surface area contributed by atoms with Gasteiger partial charge in [0.1, 0.15) is 11.6 Å². The Balaban J connectivity index is 1.96. The molecule has 2 aromatic carbocycles. The third-order valence-electron chi connectivity index (χ3n) is 3.38. The van der Waals surface area contributed by atoms with E-state index in [1.165, 1.54) is 6.07 Å². The largest absolute Gasteiger partial charge is 0.366 e. The van der Waals surface area contributed by atoms with Crippen molar-refractivity contribution in [1.82, 2.24) is 9.97 Å². The van der Waals surface area contributed by atoms with Crippen LogP contribution in [0.1, 0.15) is 0 Å². The molecular weight excluding hydrogens is 322 g/mol. The van der Waals surface area contributed by atoms with Gasteiger partial charge >= 0.3 is 0 Å². The number of anilines is 3. The van der Waals surface area contributed by atoms with Crippen LogP contribution in [0.4, 0.5) is 26.1 Å². The summed E-state index contributed by atoms with van der Waals surface area (Å²) < 4.78 is 26.5. The Bertz CT molecular complexity index is 882. The summed E-state index contributed by atoms with van der Waals surface area (Å²) in [5.41, 5.74) is 1.24. The second kappa shape index (κ2) is 7.53. The Morgan fingerprint density at radius 1 is 0.920 bits per heavy atom. The van der Waals surface area contributed by atoms with Gasteiger partial charge in [-0.25, -0.2) is 18.7 Å². The first-order chi connectivity index (χ1) is 12.2. The minimum Gasteiger partial charge on any atom is -0.366 e. The molecule has 2 N–H and O–H groups in total. The van der Waals surface area contributed by atoms with Crippen LogP contribution in [0.15, 0.2) is 67.3 Å². The highest BCUT2D eigenvalue weighted by molar-refractivity contribution is 5.65. The molecule has 0 bridgehead atoms. The van der Waals surface area contributed by atoms with E-state index in [9.17, 15) is 8.78 Å². The Kier molecular flexibility index (Phi) is 4.99. The lowest BCUT2D eigenvalue weighted by atomic mass is 10.2. The summed E-state index contributed by atoms with van der Waals surface area (Å²) in [4.78, 5) is 8.93. The fraction of sp³-hybridized carbons (Fsp3) is 0.0526. The third-order valence-corrected chi connectivity index (χ3v) is 3.38. The molecule has 25 heavy (non-hydrogen) atoms. The summed E-state index contributed by atoms with van der Waals surface area (Å²) in [5, 5.41) is 6.08. The average molecular weight is 338 g/mol. The van der Waals surface area contributed by atoms with Gasteiger partial charge in [0.05, 0.1) is 0 Å². The van der Waals surface area contributed by atoms with Crippen LogP contribution in [-0.2, 0) is 0 Å². The summed E-state index contributed by atoms with van der Waals surface area (Å²) in [6.07, 6.45) is 1.72. The van der Waals surface area contributed by atoms with Crippen LogP contribution < -0.4 is 10.6 Å². The SMILES string of the molecule is C=CCNc1cc(Nc2ccc(F)c(F)c2)nc(-c2ccccc2)n1. The van der Waals surface area contributed by atoms with Gasteiger partial charge in [-0.2, -0.15) is 0 Å². The van der Waals surface area contributed by atoms with E-state index in [2.05, 4.69) is 27.2 Å². The third kappa shape index (κ3) is 4.17. The molecule has 0 atom stereocenters. The minimum absolute atomic E-state index is 0.395. The first kappa shape index (κ1) is 16.6. The van der Waals surface area contributed by atoms with Crippen molar-refractivity contribution in [2.24, 2.45) is 0 Å². The van der Waals surface area contributed by atoms with Crippen molar-refractivity contribution in [2.45, 2.75) is 0 Å². The number of hydrogen-bond donors (Lipinski definition) is 2. The highest BCUT2D eigenvalue weighted by atomic mass is 19.2. The van der Waals surface area contributed by atoms with E-state index < -0.39 is 11.6 Å². The van der Waals surface area contributed by atoms with Crippen molar-refractivity contribution in [1.29, 1.82) is 0 Å². The van der Waals surface area contributed by atoms with E-state index in [1.807, 2.05) is 30.3 Å². The van der Waals surface area contributed by atoms with Gasteiger partial charge in [-0.05, 0) is 12.1 Å². The molecule has 0 amide bonds. The van der Waals surface area contributed by atoms with E-state index in [-0.39, 0.29) is 0 Å². The van der Waals surface area contributed by atoms with Crippen molar-refractivity contribution < 1.29 is 8.78 Å². The lowest BCUT2D eigenvalue weighted by molar-refractivity contribution is 0.509. The smallest absolute Gasteiger partial charge is 0.163 e. The van der Waals surface area contributed by atoms with Gasteiger partial charge in [-0.15, -0.1) is 6.58 Å². The maximum absolute atomic E-state index is 13.4. The van der Waals surface area contributed by atoms with E-state index >= 15 is 0 Å². The van der Waals surface area contributed by atoms with Crippen LogP contribution in [0.25, 0.3) is 11.4 Å². The molecule has 3 rings (SSSR count). The topological polar surface area (TPSA) is 49.8 Å². The molecule has 126 valence electrons. The maximum Gasteiger partial charge on any atom is 0.163 e. The predicted octanol–water partition coefficient (Wildman–Crippen LogP) is 4.76. The minimum atomic E-state index is -0.924. The highest BCUT2D eigenvalue weighted by Crippen LogP contribution is 2.23. The molecule has 1 heterocycles. The second-order valence-electron chi connectivity index (χ2n) is 5.25. The lowest BCUT2D eigenvalue weighted by Gasteiger charge is -2.11. The second-order valence-corrected chi connectivity index (χ2v) is 5.25. The zero-order valence-electron chi connectivity index (χ0n) is 13.3. The maximum atomic E-state index is 13.4. The quantitative estimate of drug-likeness (QED) is 0.636. The molecule has 1 aromatic heterocycles. The molecule has 0 aliphatic heterocycles. The first-order valence-corrected chi connectivity index (χ1v) is 7.67. The lowest BCUT2D eigenvalue weighted by Crippen LogP contribution is -2.05. The normalized spacial score (nSPS) is 10.3. The predicted molar refractivity (Wildman–Crippen MR) is 95.8 cm³/mol. The fourth-order valence-corrected chi connectivity index (χ4v) is 2.22. The molecule has 6 heteroatoms. The van der Waals surface area contributed by atoms with Crippen LogP contribution in [0.2, 0.25) is 0 Å². The summed E-state index contributed by atoms with van der Waals surface area (Å²) >= 11 is 0. The van der Waals surface area contributed by atoms with Crippen molar-refractivity contribution in [3.8, 4) is 11.4 Å².